The van der Waals surface area contributed by atoms with Crippen molar-refractivity contribution in [2.24, 2.45) is 5.10 Å². The van der Waals surface area contributed by atoms with Crippen LogP contribution in [-0.4, -0.2) is 23.8 Å². The van der Waals surface area contributed by atoms with E-state index in [0.717, 1.165) is 21.2 Å². The van der Waals surface area contributed by atoms with E-state index < -0.39 is 0 Å². The van der Waals surface area contributed by atoms with Crippen LogP contribution in [0.15, 0.2) is 39.9 Å². The van der Waals surface area contributed by atoms with E-state index in [1.54, 1.807) is 18.2 Å². The van der Waals surface area contributed by atoms with Crippen molar-refractivity contribution in [1.82, 2.24) is 5.43 Å². The van der Waals surface area contributed by atoms with Crippen molar-refractivity contribution < 1.29 is 14.6 Å². The lowest BCUT2D eigenvalue weighted by Crippen LogP contribution is -2.24. The number of hydrogen-bond acceptors (Lipinski definition) is 4. The SMILES string of the molecule is Cc1cc(C)c(OCC(=O)N/N=C\c2ccc(O)c(I)c2)c(Br)c1. The van der Waals surface area contributed by atoms with Crippen LogP contribution in [0.2, 0.25) is 0 Å². The fourth-order valence-electron chi connectivity index (χ4n) is 2.04. The first-order valence-electron chi connectivity index (χ1n) is 7.07. The van der Waals surface area contributed by atoms with Crippen molar-refractivity contribution in [1.29, 1.82) is 0 Å². The van der Waals surface area contributed by atoms with Gasteiger partial charge in [0.15, 0.2) is 6.61 Å². The van der Waals surface area contributed by atoms with Crippen LogP contribution < -0.4 is 10.2 Å². The molecule has 0 unspecified atom stereocenters. The lowest BCUT2D eigenvalue weighted by atomic mass is 10.1. The van der Waals surface area contributed by atoms with Gasteiger partial charge in [0.1, 0.15) is 11.5 Å². The molecule has 0 saturated heterocycles. The lowest BCUT2D eigenvalue weighted by Gasteiger charge is -2.11. The van der Waals surface area contributed by atoms with Crippen LogP contribution in [0.5, 0.6) is 11.5 Å². The zero-order chi connectivity index (χ0) is 17.7. The minimum Gasteiger partial charge on any atom is -0.507 e. The Hall–Kier alpha value is -1.61. The molecule has 0 aliphatic heterocycles. The third-order valence-corrected chi connectivity index (χ3v) is 4.55. The Morgan fingerprint density at radius 2 is 2.12 bits per heavy atom. The minimum atomic E-state index is -0.355. The highest BCUT2D eigenvalue weighted by Gasteiger charge is 2.08. The van der Waals surface area contributed by atoms with Gasteiger partial charge in [-0.25, -0.2) is 5.43 Å². The van der Waals surface area contributed by atoms with Gasteiger partial charge in [0, 0.05) is 0 Å². The molecule has 7 heteroatoms. The second kappa shape index (κ2) is 8.48. The predicted octanol–water partition coefficient (Wildman–Crippen LogP) is 3.91. The molecule has 5 nitrogen and oxygen atoms in total. The predicted molar refractivity (Wildman–Crippen MR) is 106 cm³/mol. The number of aromatic hydroxyl groups is 1. The molecule has 2 rings (SSSR count). The van der Waals surface area contributed by atoms with Gasteiger partial charge in [-0.3, -0.25) is 4.79 Å². The highest BCUT2D eigenvalue weighted by molar-refractivity contribution is 14.1. The lowest BCUT2D eigenvalue weighted by molar-refractivity contribution is -0.123. The summed E-state index contributed by atoms with van der Waals surface area (Å²) in [5.41, 5.74) is 5.26. The molecule has 1 amide bonds. The molecule has 2 aromatic carbocycles. The number of carbonyl (C=O) groups excluding carboxylic acids is 1. The molecule has 0 heterocycles. The fraction of sp³-hybridized carbons (Fsp3) is 0.176. The Kier molecular flexibility index (Phi) is 6.61. The summed E-state index contributed by atoms with van der Waals surface area (Å²) in [4.78, 5) is 11.8. The minimum absolute atomic E-state index is 0.132. The first-order valence-corrected chi connectivity index (χ1v) is 8.94. The number of hydrogen-bond donors (Lipinski definition) is 2. The van der Waals surface area contributed by atoms with Gasteiger partial charge >= 0.3 is 0 Å². The number of aryl methyl sites for hydroxylation is 2. The Morgan fingerprint density at radius 1 is 1.38 bits per heavy atom. The number of rotatable bonds is 5. The molecule has 0 fully saturated rings. The molecule has 0 aliphatic rings. The van der Waals surface area contributed by atoms with E-state index >= 15 is 0 Å². The fourth-order valence-corrected chi connectivity index (χ4v) is 3.37. The summed E-state index contributed by atoms with van der Waals surface area (Å²) < 4.78 is 7.08. The summed E-state index contributed by atoms with van der Waals surface area (Å²) in [6.45, 7) is 3.79. The summed E-state index contributed by atoms with van der Waals surface area (Å²) in [5, 5.41) is 13.3. The molecule has 0 spiro atoms. The van der Waals surface area contributed by atoms with Crippen molar-refractivity contribution in [2.45, 2.75) is 13.8 Å². The number of carbonyl (C=O) groups is 1. The van der Waals surface area contributed by atoms with E-state index in [1.807, 2.05) is 48.6 Å². The first-order chi connectivity index (χ1) is 11.4. The van der Waals surface area contributed by atoms with E-state index in [-0.39, 0.29) is 18.3 Å². The molecule has 2 aromatic rings. The number of ether oxygens (including phenoxy) is 1. The maximum atomic E-state index is 11.8. The highest BCUT2D eigenvalue weighted by Crippen LogP contribution is 2.30. The molecule has 0 aromatic heterocycles. The quantitative estimate of drug-likeness (QED) is 0.370. The summed E-state index contributed by atoms with van der Waals surface area (Å²) >= 11 is 5.46. The van der Waals surface area contributed by atoms with Crippen LogP contribution >= 0.6 is 38.5 Å². The van der Waals surface area contributed by atoms with Crippen LogP contribution in [0.4, 0.5) is 0 Å². The number of phenolic OH excluding ortho intramolecular Hbond substituents is 1. The van der Waals surface area contributed by atoms with Gasteiger partial charge in [-0.15, -0.1) is 0 Å². The van der Waals surface area contributed by atoms with Crippen LogP contribution in [0, 0.1) is 17.4 Å². The van der Waals surface area contributed by atoms with Crippen LogP contribution in [0.1, 0.15) is 16.7 Å². The Bertz CT molecular complexity index is 770. The van der Waals surface area contributed by atoms with E-state index in [1.165, 1.54) is 6.21 Å². The average molecular weight is 503 g/mol. The molecule has 0 radical (unpaired) electrons. The van der Waals surface area contributed by atoms with Crippen LogP contribution in [0.25, 0.3) is 0 Å². The van der Waals surface area contributed by atoms with Crippen LogP contribution in [0.3, 0.4) is 0 Å². The Balaban J connectivity index is 1.90. The molecule has 0 aliphatic carbocycles. The van der Waals surface area contributed by atoms with Gasteiger partial charge in [-0.05, 0) is 93.3 Å². The van der Waals surface area contributed by atoms with Gasteiger partial charge in [-0.2, -0.15) is 5.10 Å². The normalized spacial score (nSPS) is 10.8. The molecular formula is C17H16BrIN2O3. The summed E-state index contributed by atoms with van der Waals surface area (Å²) in [6.07, 6.45) is 1.51. The van der Waals surface area contributed by atoms with Gasteiger partial charge < -0.3 is 9.84 Å². The molecule has 0 saturated carbocycles. The number of phenols is 1. The molecule has 126 valence electrons. The smallest absolute Gasteiger partial charge is 0.277 e. The van der Waals surface area contributed by atoms with E-state index in [4.69, 9.17) is 4.74 Å². The maximum Gasteiger partial charge on any atom is 0.277 e. The molecule has 2 N–H and O–H groups in total. The van der Waals surface area contributed by atoms with Crippen molar-refractivity contribution >= 4 is 50.6 Å². The number of halogens is 2. The van der Waals surface area contributed by atoms with Gasteiger partial charge in [0.25, 0.3) is 5.91 Å². The van der Waals surface area contributed by atoms with Crippen LogP contribution in [-0.2, 0) is 4.79 Å². The second-order valence-corrected chi connectivity index (χ2v) is 7.20. The van der Waals surface area contributed by atoms with E-state index in [2.05, 4.69) is 26.5 Å². The second-order valence-electron chi connectivity index (χ2n) is 5.19. The van der Waals surface area contributed by atoms with Crippen molar-refractivity contribution in [3.63, 3.8) is 0 Å². The van der Waals surface area contributed by atoms with Gasteiger partial charge in [-0.1, -0.05) is 6.07 Å². The zero-order valence-corrected chi connectivity index (χ0v) is 16.9. The molecule has 0 atom stereocenters. The Morgan fingerprint density at radius 3 is 2.79 bits per heavy atom. The third kappa shape index (κ3) is 5.20. The van der Waals surface area contributed by atoms with Gasteiger partial charge in [0.05, 0.1) is 14.3 Å². The van der Waals surface area contributed by atoms with Crippen molar-refractivity contribution in [3.8, 4) is 11.5 Å². The summed E-state index contributed by atoms with van der Waals surface area (Å²) in [6, 6.07) is 8.96. The number of hydrazone groups is 1. The molecular weight excluding hydrogens is 487 g/mol. The maximum absolute atomic E-state index is 11.8. The van der Waals surface area contributed by atoms with E-state index in [0.29, 0.717) is 9.32 Å². The molecule has 24 heavy (non-hydrogen) atoms. The summed E-state index contributed by atoms with van der Waals surface area (Å²) in [5.74, 6) is 0.503. The number of nitrogens with one attached hydrogen (secondary N) is 1. The number of amides is 1. The zero-order valence-electron chi connectivity index (χ0n) is 13.1. The standard InChI is InChI=1S/C17H16BrIN2O3/c1-10-5-11(2)17(13(18)6-10)24-9-16(23)21-20-8-12-3-4-15(22)14(19)7-12/h3-8,22H,9H2,1-2H3,(H,21,23)/b20-8-. The summed E-state index contributed by atoms with van der Waals surface area (Å²) in [7, 11) is 0. The highest BCUT2D eigenvalue weighted by atomic mass is 127. The largest absolute Gasteiger partial charge is 0.507 e. The average Bonchev–Trinajstić information content (AvgIpc) is 2.49. The van der Waals surface area contributed by atoms with Gasteiger partial charge in [0.2, 0.25) is 0 Å². The van der Waals surface area contributed by atoms with Crippen molar-refractivity contribution in [2.75, 3.05) is 6.61 Å². The first kappa shape index (κ1) is 18.7. The van der Waals surface area contributed by atoms with Crippen molar-refractivity contribution in [3.05, 3.63) is 55.1 Å². The number of benzene rings is 2. The topological polar surface area (TPSA) is 70.9 Å². The number of nitrogens with zero attached hydrogens (tertiary/aromatic N) is 1. The monoisotopic (exact) mass is 502 g/mol. The van der Waals surface area contributed by atoms with E-state index in [9.17, 15) is 9.90 Å². The third-order valence-electron chi connectivity index (χ3n) is 3.10. The Labute approximate surface area is 162 Å². The molecule has 0 bridgehead atoms.